The lowest BCUT2D eigenvalue weighted by Crippen LogP contribution is -2.19. The molecule has 0 aliphatic heterocycles. The van der Waals surface area contributed by atoms with Crippen LogP contribution in [0.1, 0.15) is 11.1 Å². The highest BCUT2D eigenvalue weighted by molar-refractivity contribution is 5.99. The summed E-state index contributed by atoms with van der Waals surface area (Å²) in [5.74, 6) is 0.758. The van der Waals surface area contributed by atoms with Gasteiger partial charge in [-0.2, -0.15) is 0 Å². The van der Waals surface area contributed by atoms with Crippen LogP contribution in [-0.2, 0) is 6.61 Å². The summed E-state index contributed by atoms with van der Waals surface area (Å²) in [7, 11) is 0. The van der Waals surface area contributed by atoms with Gasteiger partial charge in [0.15, 0.2) is 0 Å². The van der Waals surface area contributed by atoms with Gasteiger partial charge >= 0.3 is 6.03 Å². The third-order valence-electron chi connectivity index (χ3n) is 3.64. The fourth-order valence-electron chi connectivity index (χ4n) is 2.39. The molecular weight excluding hydrogens is 312 g/mol. The van der Waals surface area contributed by atoms with Crippen molar-refractivity contribution >= 4 is 17.4 Å². The van der Waals surface area contributed by atoms with Crippen LogP contribution in [0.2, 0.25) is 0 Å². The smallest absolute Gasteiger partial charge is 0.323 e. The number of carbonyl (C=O) groups excluding carboxylic acids is 1. The molecule has 0 aliphatic carbocycles. The molecule has 3 aromatic carbocycles. The van der Waals surface area contributed by atoms with Crippen molar-refractivity contribution in [1.82, 2.24) is 0 Å². The summed E-state index contributed by atoms with van der Waals surface area (Å²) in [6.07, 6.45) is 0. The number of urea groups is 1. The summed E-state index contributed by atoms with van der Waals surface area (Å²) in [6, 6.07) is 24.7. The Hall–Kier alpha value is -3.27. The van der Waals surface area contributed by atoms with Crippen molar-refractivity contribution in [2.75, 3.05) is 10.6 Å². The van der Waals surface area contributed by atoms with Crippen molar-refractivity contribution < 1.29 is 9.53 Å². The minimum absolute atomic E-state index is 0.274. The quantitative estimate of drug-likeness (QED) is 0.673. The van der Waals surface area contributed by atoms with Gasteiger partial charge in [-0.15, -0.1) is 0 Å². The Kier molecular flexibility index (Phi) is 5.32. The number of carbonyl (C=O) groups is 1. The van der Waals surface area contributed by atoms with Gasteiger partial charge in [0.1, 0.15) is 12.4 Å². The van der Waals surface area contributed by atoms with Gasteiger partial charge in [-0.05, 0) is 54.4 Å². The van der Waals surface area contributed by atoms with E-state index < -0.39 is 0 Å². The second-order valence-corrected chi connectivity index (χ2v) is 5.75. The molecule has 0 heterocycles. The maximum absolute atomic E-state index is 12.0. The van der Waals surface area contributed by atoms with Crippen molar-refractivity contribution in [3.05, 3.63) is 90.0 Å². The first-order valence-electron chi connectivity index (χ1n) is 8.10. The molecule has 0 aromatic heterocycles. The zero-order valence-electron chi connectivity index (χ0n) is 14.0. The van der Waals surface area contributed by atoms with Crippen LogP contribution in [0.4, 0.5) is 16.2 Å². The van der Waals surface area contributed by atoms with Crippen LogP contribution in [-0.4, -0.2) is 6.03 Å². The highest BCUT2D eigenvalue weighted by Crippen LogP contribution is 2.17. The van der Waals surface area contributed by atoms with E-state index in [0.29, 0.717) is 12.3 Å². The van der Waals surface area contributed by atoms with Crippen molar-refractivity contribution in [1.29, 1.82) is 0 Å². The number of ether oxygens (including phenoxy) is 1. The molecule has 0 fully saturated rings. The van der Waals surface area contributed by atoms with E-state index in [1.807, 2.05) is 85.8 Å². The number of benzene rings is 3. The molecular formula is C21H20N2O2. The molecule has 3 aromatic rings. The Balaban J connectivity index is 1.52. The molecule has 3 rings (SSSR count). The van der Waals surface area contributed by atoms with Gasteiger partial charge in [0, 0.05) is 11.4 Å². The lowest BCUT2D eigenvalue weighted by molar-refractivity contribution is 0.262. The van der Waals surface area contributed by atoms with Gasteiger partial charge in [0.25, 0.3) is 0 Å². The topological polar surface area (TPSA) is 50.4 Å². The maximum Gasteiger partial charge on any atom is 0.323 e. The summed E-state index contributed by atoms with van der Waals surface area (Å²) in [5.41, 5.74) is 3.68. The summed E-state index contributed by atoms with van der Waals surface area (Å²) in [6.45, 7) is 2.50. The summed E-state index contributed by atoms with van der Waals surface area (Å²) in [4.78, 5) is 12.0. The molecule has 0 radical (unpaired) electrons. The third kappa shape index (κ3) is 5.11. The number of aryl methyl sites for hydroxylation is 1. The van der Waals surface area contributed by atoms with E-state index in [9.17, 15) is 4.79 Å². The van der Waals surface area contributed by atoms with Crippen LogP contribution in [0.5, 0.6) is 5.75 Å². The van der Waals surface area contributed by atoms with E-state index in [0.717, 1.165) is 22.6 Å². The second-order valence-electron chi connectivity index (χ2n) is 5.75. The lowest BCUT2D eigenvalue weighted by Gasteiger charge is -2.10. The number of nitrogens with one attached hydrogen (secondary N) is 2. The molecule has 4 heteroatoms. The molecule has 0 unspecified atom stereocenters. The number of anilines is 2. The van der Waals surface area contributed by atoms with Crippen LogP contribution in [0.25, 0.3) is 0 Å². The molecule has 126 valence electrons. The fraction of sp³-hybridized carbons (Fsp3) is 0.0952. The fourth-order valence-corrected chi connectivity index (χ4v) is 2.39. The van der Waals surface area contributed by atoms with Crippen molar-refractivity contribution in [2.45, 2.75) is 13.5 Å². The predicted molar refractivity (Wildman–Crippen MR) is 101 cm³/mol. The first kappa shape index (κ1) is 16.6. The minimum atomic E-state index is -0.274. The van der Waals surface area contributed by atoms with Gasteiger partial charge in [0.05, 0.1) is 0 Å². The Bertz CT molecular complexity index is 830. The van der Waals surface area contributed by atoms with Gasteiger partial charge in [-0.3, -0.25) is 0 Å². The summed E-state index contributed by atoms with van der Waals surface area (Å²) >= 11 is 0. The highest BCUT2D eigenvalue weighted by atomic mass is 16.5. The molecule has 0 aliphatic rings. The summed E-state index contributed by atoms with van der Waals surface area (Å²) < 4.78 is 5.73. The highest BCUT2D eigenvalue weighted by Gasteiger charge is 2.03. The zero-order chi connectivity index (χ0) is 17.5. The van der Waals surface area contributed by atoms with Gasteiger partial charge in [-0.1, -0.05) is 42.5 Å². The lowest BCUT2D eigenvalue weighted by atomic mass is 10.2. The number of rotatable bonds is 5. The van der Waals surface area contributed by atoms with Crippen LogP contribution in [0.3, 0.4) is 0 Å². The monoisotopic (exact) mass is 332 g/mol. The van der Waals surface area contributed by atoms with Gasteiger partial charge in [-0.25, -0.2) is 4.79 Å². The van der Waals surface area contributed by atoms with Crippen LogP contribution < -0.4 is 15.4 Å². The molecule has 25 heavy (non-hydrogen) atoms. The van der Waals surface area contributed by atoms with Crippen molar-refractivity contribution in [3.63, 3.8) is 0 Å². The Morgan fingerprint density at radius 2 is 1.56 bits per heavy atom. The van der Waals surface area contributed by atoms with E-state index >= 15 is 0 Å². The Morgan fingerprint density at radius 1 is 0.840 bits per heavy atom. The largest absolute Gasteiger partial charge is 0.489 e. The normalized spacial score (nSPS) is 10.1. The number of hydrogen-bond acceptors (Lipinski definition) is 2. The summed E-state index contributed by atoms with van der Waals surface area (Å²) in [5, 5.41) is 5.62. The van der Waals surface area contributed by atoms with E-state index in [1.165, 1.54) is 0 Å². The molecule has 2 amide bonds. The zero-order valence-corrected chi connectivity index (χ0v) is 14.0. The molecule has 0 saturated heterocycles. The minimum Gasteiger partial charge on any atom is -0.489 e. The van der Waals surface area contributed by atoms with Crippen LogP contribution in [0.15, 0.2) is 78.9 Å². The molecule has 0 bridgehead atoms. The molecule has 0 atom stereocenters. The Labute approximate surface area is 147 Å². The number of amides is 2. The van der Waals surface area contributed by atoms with E-state index in [1.54, 1.807) is 0 Å². The first-order chi connectivity index (χ1) is 12.2. The second kappa shape index (κ2) is 8.02. The van der Waals surface area contributed by atoms with Gasteiger partial charge in [0.2, 0.25) is 0 Å². The van der Waals surface area contributed by atoms with E-state index in [-0.39, 0.29) is 6.03 Å². The SMILES string of the molecule is Cc1cccc(NC(=O)Nc2ccc(OCc3ccccc3)cc2)c1. The molecule has 0 saturated carbocycles. The average Bonchev–Trinajstić information content (AvgIpc) is 2.62. The van der Waals surface area contributed by atoms with E-state index in [2.05, 4.69) is 10.6 Å². The first-order valence-corrected chi connectivity index (χ1v) is 8.10. The van der Waals surface area contributed by atoms with Crippen molar-refractivity contribution in [3.8, 4) is 5.75 Å². The van der Waals surface area contributed by atoms with Crippen LogP contribution >= 0.6 is 0 Å². The van der Waals surface area contributed by atoms with Crippen molar-refractivity contribution in [2.24, 2.45) is 0 Å². The predicted octanol–water partition coefficient (Wildman–Crippen LogP) is 5.22. The Morgan fingerprint density at radius 3 is 2.28 bits per heavy atom. The number of hydrogen-bond donors (Lipinski definition) is 2. The molecule has 4 nitrogen and oxygen atoms in total. The van der Waals surface area contributed by atoms with Crippen LogP contribution in [0, 0.1) is 6.92 Å². The average molecular weight is 332 g/mol. The maximum atomic E-state index is 12.0. The third-order valence-corrected chi connectivity index (χ3v) is 3.64. The standard InChI is InChI=1S/C21H20N2O2/c1-16-6-5-9-19(14-16)23-21(24)22-18-10-12-20(13-11-18)25-15-17-7-3-2-4-8-17/h2-14H,15H2,1H3,(H2,22,23,24). The molecule has 0 spiro atoms. The molecule has 2 N–H and O–H groups in total. The van der Waals surface area contributed by atoms with E-state index in [4.69, 9.17) is 4.74 Å². The van der Waals surface area contributed by atoms with Gasteiger partial charge < -0.3 is 15.4 Å².